The molecule has 20 heavy (non-hydrogen) atoms. The Morgan fingerprint density at radius 1 is 1.40 bits per heavy atom. The minimum Gasteiger partial charge on any atom is -0.508 e. The van der Waals surface area contributed by atoms with Crippen molar-refractivity contribution in [2.24, 2.45) is 5.92 Å². The van der Waals surface area contributed by atoms with E-state index in [1.807, 2.05) is 0 Å². The van der Waals surface area contributed by atoms with Gasteiger partial charge in [-0.3, -0.25) is 4.79 Å². The van der Waals surface area contributed by atoms with Gasteiger partial charge in [0.25, 0.3) is 5.91 Å². The summed E-state index contributed by atoms with van der Waals surface area (Å²) in [4.78, 5) is 12.0. The SMILES string of the molecule is N#CC(NC(=O)c1ccc(O)cc1F)C1CCCCC1. The van der Waals surface area contributed by atoms with Gasteiger partial charge in [0.2, 0.25) is 0 Å². The van der Waals surface area contributed by atoms with E-state index in [1.165, 1.54) is 12.1 Å². The Morgan fingerprint density at radius 2 is 2.10 bits per heavy atom. The number of hydrogen-bond donors (Lipinski definition) is 2. The van der Waals surface area contributed by atoms with Gasteiger partial charge in [-0.2, -0.15) is 5.26 Å². The summed E-state index contributed by atoms with van der Waals surface area (Å²) in [6.45, 7) is 0. The summed E-state index contributed by atoms with van der Waals surface area (Å²) in [6, 6.07) is 4.87. The standard InChI is InChI=1S/C15H17FN2O2/c16-13-8-11(19)6-7-12(13)15(20)18-14(9-17)10-4-2-1-3-5-10/h6-8,10,14,19H,1-5H2,(H,18,20). The van der Waals surface area contributed by atoms with Crippen LogP contribution in [0.3, 0.4) is 0 Å². The quantitative estimate of drug-likeness (QED) is 0.891. The van der Waals surface area contributed by atoms with Gasteiger partial charge >= 0.3 is 0 Å². The highest BCUT2D eigenvalue weighted by Gasteiger charge is 2.26. The van der Waals surface area contributed by atoms with E-state index in [9.17, 15) is 14.4 Å². The van der Waals surface area contributed by atoms with Crippen LogP contribution < -0.4 is 5.32 Å². The van der Waals surface area contributed by atoms with Crippen LogP contribution >= 0.6 is 0 Å². The third-order valence-electron chi connectivity index (χ3n) is 3.74. The first-order chi connectivity index (χ1) is 9.61. The Kier molecular flexibility index (Phi) is 4.57. The van der Waals surface area contributed by atoms with Crippen molar-refractivity contribution >= 4 is 5.91 Å². The van der Waals surface area contributed by atoms with Crippen LogP contribution in [0, 0.1) is 23.1 Å². The van der Waals surface area contributed by atoms with Crippen molar-refractivity contribution < 1.29 is 14.3 Å². The third kappa shape index (κ3) is 3.27. The second-order valence-electron chi connectivity index (χ2n) is 5.14. The van der Waals surface area contributed by atoms with E-state index in [1.54, 1.807) is 0 Å². The zero-order chi connectivity index (χ0) is 14.5. The molecular formula is C15H17FN2O2. The summed E-state index contributed by atoms with van der Waals surface area (Å²) in [6.07, 6.45) is 5.11. The van der Waals surface area contributed by atoms with Crippen LogP contribution in [0.25, 0.3) is 0 Å². The maximum Gasteiger partial charge on any atom is 0.255 e. The van der Waals surface area contributed by atoms with E-state index in [0.717, 1.165) is 38.2 Å². The van der Waals surface area contributed by atoms with E-state index in [2.05, 4.69) is 11.4 Å². The molecule has 1 aromatic rings. The molecule has 1 saturated carbocycles. The number of carbonyl (C=O) groups is 1. The number of benzene rings is 1. The highest BCUT2D eigenvalue weighted by Crippen LogP contribution is 2.26. The summed E-state index contributed by atoms with van der Waals surface area (Å²) in [5, 5.41) is 20.9. The van der Waals surface area contributed by atoms with E-state index in [-0.39, 0.29) is 17.2 Å². The molecular weight excluding hydrogens is 259 g/mol. The second kappa shape index (κ2) is 6.38. The number of halogens is 1. The molecule has 106 valence electrons. The number of nitrogens with one attached hydrogen (secondary N) is 1. The molecule has 1 aliphatic carbocycles. The number of phenolic OH excluding ortho intramolecular Hbond substituents is 1. The molecule has 0 radical (unpaired) electrons. The normalized spacial score (nSPS) is 17.2. The Labute approximate surface area is 117 Å². The van der Waals surface area contributed by atoms with Crippen molar-refractivity contribution in [1.82, 2.24) is 5.32 Å². The predicted octanol–water partition coefficient (Wildman–Crippen LogP) is 2.73. The van der Waals surface area contributed by atoms with Crippen LogP contribution in [-0.4, -0.2) is 17.1 Å². The molecule has 0 spiro atoms. The molecule has 2 rings (SSSR count). The molecule has 0 bridgehead atoms. The van der Waals surface area contributed by atoms with Crippen molar-refractivity contribution in [3.63, 3.8) is 0 Å². The Balaban J connectivity index is 2.07. The molecule has 0 aliphatic heterocycles. The zero-order valence-corrected chi connectivity index (χ0v) is 11.1. The van der Waals surface area contributed by atoms with E-state index >= 15 is 0 Å². The average molecular weight is 276 g/mol. The number of phenols is 1. The highest BCUT2D eigenvalue weighted by atomic mass is 19.1. The minimum absolute atomic E-state index is 0.137. The zero-order valence-electron chi connectivity index (χ0n) is 11.1. The van der Waals surface area contributed by atoms with E-state index in [0.29, 0.717) is 0 Å². The van der Waals surface area contributed by atoms with Crippen LogP contribution in [0.2, 0.25) is 0 Å². The van der Waals surface area contributed by atoms with Gasteiger partial charge in [-0.15, -0.1) is 0 Å². The van der Waals surface area contributed by atoms with Crippen molar-refractivity contribution in [1.29, 1.82) is 5.26 Å². The number of nitriles is 1. The lowest BCUT2D eigenvalue weighted by Crippen LogP contribution is -2.40. The topological polar surface area (TPSA) is 73.1 Å². The molecule has 5 heteroatoms. The summed E-state index contributed by atoms with van der Waals surface area (Å²) >= 11 is 0. The van der Waals surface area contributed by atoms with Gasteiger partial charge in [-0.1, -0.05) is 19.3 Å². The molecule has 1 fully saturated rings. The first-order valence-corrected chi connectivity index (χ1v) is 6.81. The lowest BCUT2D eigenvalue weighted by Gasteiger charge is -2.26. The molecule has 1 aromatic carbocycles. The van der Waals surface area contributed by atoms with Gasteiger partial charge < -0.3 is 10.4 Å². The van der Waals surface area contributed by atoms with Crippen molar-refractivity contribution in [3.8, 4) is 11.8 Å². The van der Waals surface area contributed by atoms with Crippen LogP contribution in [-0.2, 0) is 0 Å². The van der Waals surface area contributed by atoms with Crippen molar-refractivity contribution in [2.45, 2.75) is 38.1 Å². The highest BCUT2D eigenvalue weighted by molar-refractivity contribution is 5.95. The molecule has 2 N–H and O–H groups in total. The predicted molar refractivity (Wildman–Crippen MR) is 71.5 cm³/mol. The number of carbonyl (C=O) groups excluding carboxylic acids is 1. The summed E-state index contributed by atoms with van der Waals surface area (Å²) in [5.74, 6) is -1.50. The summed E-state index contributed by atoms with van der Waals surface area (Å²) < 4.78 is 13.6. The number of nitrogens with zero attached hydrogens (tertiary/aromatic N) is 1. The van der Waals surface area contributed by atoms with Crippen LogP contribution in [0.15, 0.2) is 18.2 Å². The summed E-state index contributed by atoms with van der Waals surface area (Å²) in [5.41, 5.74) is -0.154. The van der Waals surface area contributed by atoms with Gasteiger partial charge in [-0.25, -0.2) is 4.39 Å². The van der Waals surface area contributed by atoms with Gasteiger partial charge in [0, 0.05) is 6.07 Å². The first kappa shape index (κ1) is 14.3. The fourth-order valence-corrected chi connectivity index (χ4v) is 2.63. The van der Waals surface area contributed by atoms with Crippen LogP contribution in [0.5, 0.6) is 5.75 Å². The Bertz CT molecular complexity index is 533. The maximum atomic E-state index is 13.6. The van der Waals surface area contributed by atoms with Gasteiger partial charge in [0.05, 0.1) is 11.6 Å². The summed E-state index contributed by atoms with van der Waals surface area (Å²) in [7, 11) is 0. The largest absolute Gasteiger partial charge is 0.508 e. The maximum absolute atomic E-state index is 13.6. The van der Waals surface area contributed by atoms with Crippen molar-refractivity contribution in [2.75, 3.05) is 0 Å². The number of hydrogen-bond acceptors (Lipinski definition) is 3. The first-order valence-electron chi connectivity index (χ1n) is 6.81. The average Bonchev–Trinajstić information content (AvgIpc) is 2.45. The monoisotopic (exact) mass is 276 g/mol. The smallest absolute Gasteiger partial charge is 0.255 e. The molecule has 1 amide bonds. The van der Waals surface area contributed by atoms with E-state index in [4.69, 9.17) is 5.11 Å². The fraction of sp³-hybridized carbons (Fsp3) is 0.467. The number of aromatic hydroxyl groups is 1. The van der Waals surface area contributed by atoms with Gasteiger partial charge in [-0.05, 0) is 30.9 Å². The lowest BCUT2D eigenvalue weighted by molar-refractivity contribution is 0.0925. The van der Waals surface area contributed by atoms with Crippen LogP contribution in [0.4, 0.5) is 4.39 Å². The molecule has 0 aromatic heterocycles. The molecule has 1 atom stereocenters. The minimum atomic E-state index is -0.789. The third-order valence-corrected chi connectivity index (χ3v) is 3.74. The van der Waals surface area contributed by atoms with Crippen LogP contribution in [0.1, 0.15) is 42.5 Å². The second-order valence-corrected chi connectivity index (χ2v) is 5.14. The molecule has 4 nitrogen and oxygen atoms in total. The van der Waals surface area contributed by atoms with Crippen molar-refractivity contribution in [3.05, 3.63) is 29.6 Å². The van der Waals surface area contributed by atoms with Gasteiger partial charge in [0.15, 0.2) is 0 Å². The Morgan fingerprint density at radius 3 is 2.70 bits per heavy atom. The Hall–Kier alpha value is -2.09. The molecule has 0 saturated heterocycles. The lowest BCUT2D eigenvalue weighted by atomic mass is 9.84. The number of rotatable bonds is 3. The molecule has 1 unspecified atom stereocenters. The molecule has 1 aliphatic rings. The molecule has 0 heterocycles. The fourth-order valence-electron chi connectivity index (χ4n) is 2.63. The van der Waals surface area contributed by atoms with E-state index < -0.39 is 17.8 Å². The number of amides is 1. The van der Waals surface area contributed by atoms with Gasteiger partial charge in [0.1, 0.15) is 17.6 Å².